The Kier molecular flexibility index (Phi) is 6.89. The second-order valence-corrected chi connectivity index (χ2v) is 6.74. The van der Waals surface area contributed by atoms with Crippen LogP contribution in [-0.2, 0) is 17.9 Å². The van der Waals surface area contributed by atoms with Crippen molar-refractivity contribution in [1.29, 1.82) is 0 Å². The highest BCUT2D eigenvalue weighted by Gasteiger charge is 2.12. The second kappa shape index (κ2) is 9.77. The first kappa shape index (κ1) is 21.2. The van der Waals surface area contributed by atoms with Crippen LogP contribution >= 0.6 is 0 Å². The summed E-state index contributed by atoms with van der Waals surface area (Å²) in [4.78, 5) is 26.7. The Bertz CT molecular complexity index is 1210. The molecule has 0 amide bonds. The number of hydrogen-bond donors (Lipinski definition) is 1. The van der Waals surface area contributed by atoms with Crippen LogP contribution in [-0.4, -0.2) is 23.3 Å². The third kappa shape index (κ3) is 5.07. The maximum Gasteiger partial charge on any atom is 0.330 e. The van der Waals surface area contributed by atoms with E-state index in [1.54, 1.807) is 14.0 Å². The number of rotatable bonds is 6. The van der Waals surface area contributed by atoms with Gasteiger partial charge in [0.25, 0.3) is 5.56 Å². The van der Waals surface area contributed by atoms with Crippen LogP contribution in [0.4, 0.5) is 0 Å². The Labute approximate surface area is 175 Å². The highest BCUT2D eigenvalue weighted by molar-refractivity contribution is 5.46. The molecule has 0 radical (unpaired) electrons. The molecule has 0 aliphatic rings. The first-order valence-electron chi connectivity index (χ1n) is 9.67. The summed E-state index contributed by atoms with van der Waals surface area (Å²) in [7, 11) is 1.62. The number of hydrogen-bond acceptors (Lipinski definition) is 4. The van der Waals surface area contributed by atoms with E-state index in [-0.39, 0.29) is 12.3 Å². The van der Waals surface area contributed by atoms with E-state index in [1.165, 1.54) is 4.57 Å². The summed E-state index contributed by atoms with van der Waals surface area (Å²) >= 11 is 0. The van der Waals surface area contributed by atoms with Gasteiger partial charge in [0, 0.05) is 35.4 Å². The Hall–Kier alpha value is -3.56. The third-order valence-corrected chi connectivity index (χ3v) is 4.71. The van der Waals surface area contributed by atoms with Crippen molar-refractivity contribution in [3.63, 3.8) is 0 Å². The second-order valence-electron chi connectivity index (χ2n) is 6.74. The van der Waals surface area contributed by atoms with Crippen molar-refractivity contribution in [1.82, 2.24) is 9.55 Å². The molecule has 6 heteroatoms. The van der Waals surface area contributed by atoms with Crippen LogP contribution < -0.4 is 16.0 Å². The van der Waals surface area contributed by atoms with Gasteiger partial charge in [-0.25, -0.2) is 4.79 Å². The lowest BCUT2D eigenvalue weighted by atomic mass is 10.0. The van der Waals surface area contributed by atoms with E-state index in [4.69, 9.17) is 9.47 Å². The van der Waals surface area contributed by atoms with Crippen molar-refractivity contribution < 1.29 is 9.47 Å². The summed E-state index contributed by atoms with van der Waals surface area (Å²) in [6, 6.07) is 15.3. The number of nitrogens with one attached hydrogen (secondary N) is 1. The monoisotopic (exact) mass is 404 g/mol. The van der Waals surface area contributed by atoms with Crippen LogP contribution in [0.15, 0.2) is 58.1 Å². The SMILES string of the molecule is CCOCn1c(Cc2cccc(C#Cc3cccc(OC)c3)c2)c(C)c(=O)[nH]c1=O. The Balaban J connectivity index is 1.92. The zero-order valence-electron chi connectivity index (χ0n) is 17.3. The Morgan fingerprint density at radius 2 is 1.73 bits per heavy atom. The fourth-order valence-corrected chi connectivity index (χ4v) is 3.06. The molecule has 3 aromatic rings. The van der Waals surface area contributed by atoms with E-state index >= 15 is 0 Å². The van der Waals surface area contributed by atoms with Crippen molar-refractivity contribution in [2.75, 3.05) is 13.7 Å². The van der Waals surface area contributed by atoms with Crippen molar-refractivity contribution in [3.8, 4) is 17.6 Å². The van der Waals surface area contributed by atoms with Crippen LogP contribution in [0.3, 0.4) is 0 Å². The maximum absolute atomic E-state index is 12.3. The van der Waals surface area contributed by atoms with E-state index in [1.807, 2.05) is 55.5 Å². The zero-order chi connectivity index (χ0) is 21.5. The summed E-state index contributed by atoms with van der Waals surface area (Å²) in [5, 5.41) is 0. The minimum absolute atomic E-state index is 0.0949. The van der Waals surface area contributed by atoms with Crippen LogP contribution in [0.25, 0.3) is 0 Å². The van der Waals surface area contributed by atoms with Gasteiger partial charge in [-0.05, 0) is 49.7 Å². The molecule has 0 fully saturated rings. The van der Waals surface area contributed by atoms with E-state index in [0.29, 0.717) is 24.3 Å². The molecule has 0 aliphatic heterocycles. The molecular formula is C24H24N2O4. The molecule has 2 aromatic carbocycles. The van der Waals surface area contributed by atoms with Crippen LogP contribution in [0, 0.1) is 18.8 Å². The van der Waals surface area contributed by atoms with E-state index in [0.717, 1.165) is 22.4 Å². The van der Waals surface area contributed by atoms with Gasteiger partial charge in [-0.15, -0.1) is 0 Å². The predicted molar refractivity (Wildman–Crippen MR) is 116 cm³/mol. The molecule has 1 aromatic heterocycles. The highest BCUT2D eigenvalue weighted by atomic mass is 16.5. The number of nitrogens with zero attached hydrogens (tertiary/aromatic N) is 1. The molecule has 154 valence electrons. The highest BCUT2D eigenvalue weighted by Crippen LogP contribution is 2.14. The number of benzene rings is 2. The smallest absolute Gasteiger partial charge is 0.330 e. The van der Waals surface area contributed by atoms with E-state index < -0.39 is 5.69 Å². The molecule has 0 spiro atoms. The predicted octanol–water partition coefficient (Wildman–Crippen LogP) is 2.84. The summed E-state index contributed by atoms with van der Waals surface area (Å²) < 4.78 is 12.1. The van der Waals surface area contributed by atoms with Gasteiger partial charge in [0.05, 0.1) is 7.11 Å². The van der Waals surface area contributed by atoms with Gasteiger partial charge >= 0.3 is 5.69 Å². The quantitative estimate of drug-likeness (QED) is 0.641. The molecule has 0 saturated carbocycles. The lowest BCUT2D eigenvalue weighted by Gasteiger charge is -2.14. The van der Waals surface area contributed by atoms with Crippen molar-refractivity contribution in [3.05, 3.63) is 97.3 Å². The summed E-state index contributed by atoms with van der Waals surface area (Å²) in [6.07, 6.45) is 0.423. The van der Waals surface area contributed by atoms with Gasteiger partial charge in [-0.2, -0.15) is 0 Å². The molecule has 0 aliphatic carbocycles. The van der Waals surface area contributed by atoms with E-state index in [2.05, 4.69) is 16.8 Å². The van der Waals surface area contributed by atoms with Crippen molar-refractivity contribution >= 4 is 0 Å². The number of H-pyrrole nitrogens is 1. The van der Waals surface area contributed by atoms with Gasteiger partial charge in [0.15, 0.2) is 0 Å². The number of aromatic nitrogens is 2. The maximum atomic E-state index is 12.3. The van der Waals surface area contributed by atoms with Gasteiger partial charge in [-0.1, -0.05) is 30.0 Å². The average molecular weight is 404 g/mol. The largest absolute Gasteiger partial charge is 0.497 e. The molecule has 0 unspecified atom stereocenters. The molecule has 0 bridgehead atoms. The topological polar surface area (TPSA) is 73.3 Å². The van der Waals surface area contributed by atoms with Crippen molar-refractivity contribution in [2.24, 2.45) is 0 Å². The number of aromatic amines is 1. The van der Waals surface area contributed by atoms with Gasteiger partial charge in [-0.3, -0.25) is 14.3 Å². The molecular weight excluding hydrogens is 380 g/mol. The molecule has 6 nitrogen and oxygen atoms in total. The Morgan fingerprint density at radius 1 is 1.03 bits per heavy atom. The molecule has 30 heavy (non-hydrogen) atoms. The first-order chi connectivity index (χ1) is 14.5. The van der Waals surface area contributed by atoms with Gasteiger partial charge in [0.2, 0.25) is 0 Å². The van der Waals surface area contributed by atoms with Gasteiger partial charge in [0.1, 0.15) is 12.5 Å². The average Bonchev–Trinajstić information content (AvgIpc) is 2.76. The number of ether oxygens (including phenoxy) is 2. The zero-order valence-corrected chi connectivity index (χ0v) is 17.3. The third-order valence-electron chi connectivity index (χ3n) is 4.71. The lowest BCUT2D eigenvalue weighted by molar-refractivity contribution is 0.0822. The fourth-order valence-electron chi connectivity index (χ4n) is 3.06. The van der Waals surface area contributed by atoms with Crippen LogP contribution in [0.5, 0.6) is 5.75 Å². The molecule has 0 saturated heterocycles. The molecule has 3 rings (SSSR count). The minimum atomic E-state index is -0.469. The van der Waals surface area contributed by atoms with Crippen LogP contribution in [0.1, 0.15) is 34.9 Å². The summed E-state index contributed by atoms with van der Waals surface area (Å²) in [5.41, 5.74) is 2.94. The fraction of sp³-hybridized carbons (Fsp3) is 0.250. The summed E-state index contributed by atoms with van der Waals surface area (Å²) in [6.45, 7) is 4.13. The van der Waals surface area contributed by atoms with Crippen LogP contribution in [0.2, 0.25) is 0 Å². The standard InChI is InChI=1S/C24H24N2O4/c1-4-30-16-26-22(17(2)23(27)25-24(26)28)15-20-9-5-7-18(13-20)11-12-19-8-6-10-21(14-19)29-3/h5-10,13-14H,4,15-16H2,1-3H3,(H,25,27,28). The number of methoxy groups -OCH3 is 1. The first-order valence-corrected chi connectivity index (χ1v) is 9.67. The minimum Gasteiger partial charge on any atom is -0.497 e. The Morgan fingerprint density at radius 3 is 2.43 bits per heavy atom. The van der Waals surface area contributed by atoms with Crippen molar-refractivity contribution in [2.45, 2.75) is 27.0 Å². The van der Waals surface area contributed by atoms with Gasteiger partial charge < -0.3 is 9.47 Å². The molecule has 0 atom stereocenters. The lowest BCUT2D eigenvalue weighted by Crippen LogP contribution is -2.35. The normalized spacial score (nSPS) is 10.4. The van der Waals surface area contributed by atoms with E-state index in [9.17, 15) is 9.59 Å². The molecule has 1 heterocycles. The summed E-state index contributed by atoms with van der Waals surface area (Å²) in [5.74, 6) is 7.05. The molecule has 1 N–H and O–H groups in total.